The Bertz CT molecular complexity index is 867. The zero-order valence-corrected chi connectivity index (χ0v) is 14.6. The van der Waals surface area contributed by atoms with Crippen molar-refractivity contribution in [1.29, 1.82) is 0 Å². The topological polar surface area (TPSA) is 70.5 Å². The fraction of sp³-hybridized carbons (Fsp3) is 0.278. The van der Waals surface area contributed by atoms with Crippen LogP contribution in [0.25, 0.3) is 16.8 Å². The largest absolute Gasteiger partial charge is 0.478 e. The number of carbonyl (C=O) groups is 2. The number of nitrogens with zero attached hydrogens (tertiary/aromatic N) is 2. The molecule has 1 N–H and O–H groups in total. The highest BCUT2D eigenvalue weighted by atomic mass is 32.1. The summed E-state index contributed by atoms with van der Waals surface area (Å²) in [7, 11) is 0. The maximum absolute atomic E-state index is 11.7. The number of carboxylic acids is 1. The van der Waals surface area contributed by atoms with Crippen LogP contribution in [0.2, 0.25) is 0 Å². The van der Waals surface area contributed by atoms with Crippen LogP contribution in [-0.4, -0.2) is 28.5 Å². The molecule has 2 aromatic rings. The number of thiazole rings is 1. The van der Waals surface area contributed by atoms with Crippen molar-refractivity contribution in [3.05, 3.63) is 39.7 Å². The lowest BCUT2D eigenvalue weighted by Gasteiger charge is -2.14. The smallest absolute Gasteiger partial charge is 0.328 e. The number of rotatable bonds is 3. The van der Waals surface area contributed by atoms with E-state index in [-0.39, 0.29) is 5.91 Å². The Kier molecular flexibility index (Phi) is 4.24. The number of carbonyl (C=O) groups excluding carboxylic acids is 1. The first-order valence-electron chi connectivity index (χ1n) is 7.67. The molecule has 3 rings (SSSR count). The first-order chi connectivity index (χ1) is 11.4. The van der Waals surface area contributed by atoms with Gasteiger partial charge in [0.25, 0.3) is 0 Å². The minimum absolute atomic E-state index is 0.0481. The van der Waals surface area contributed by atoms with Gasteiger partial charge in [0.1, 0.15) is 0 Å². The molecule has 1 amide bonds. The summed E-state index contributed by atoms with van der Waals surface area (Å²) in [5.41, 5.74) is 4.53. The summed E-state index contributed by atoms with van der Waals surface area (Å²) in [5, 5.41) is 9.88. The monoisotopic (exact) mass is 342 g/mol. The van der Waals surface area contributed by atoms with Crippen molar-refractivity contribution in [1.82, 2.24) is 4.98 Å². The Hall–Kier alpha value is -2.47. The average Bonchev–Trinajstić information content (AvgIpc) is 3.09. The van der Waals surface area contributed by atoms with Gasteiger partial charge in [0, 0.05) is 30.8 Å². The van der Waals surface area contributed by atoms with Gasteiger partial charge in [-0.05, 0) is 43.5 Å². The van der Waals surface area contributed by atoms with Crippen LogP contribution in [0.15, 0.2) is 24.3 Å². The summed E-state index contributed by atoms with van der Waals surface area (Å²) in [6.07, 6.45) is 2.03. The summed E-state index contributed by atoms with van der Waals surface area (Å²) >= 11 is 1.49. The van der Waals surface area contributed by atoms with E-state index in [2.05, 4.69) is 11.1 Å². The van der Waals surface area contributed by atoms with Gasteiger partial charge in [0.2, 0.25) is 5.91 Å². The molecule has 6 heteroatoms. The van der Waals surface area contributed by atoms with Crippen molar-refractivity contribution in [2.24, 2.45) is 0 Å². The van der Waals surface area contributed by atoms with Crippen molar-refractivity contribution in [3.8, 4) is 11.3 Å². The highest BCUT2D eigenvalue weighted by molar-refractivity contribution is 7.13. The SMILES string of the molecule is CC(=O)N1CCc2cc(-c3nc(C)sc3/C(C)=C/C(=O)O)ccc21. The van der Waals surface area contributed by atoms with Crippen molar-refractivity contribution in [2.75, 3.05) is 11.4 Å². The number of aliphatic carboxylic acids is 1. The van der Waals surface area contributed by atoms with Crippen LogP contribution in [0, 0.1) is 6.92 Å². The number of allylic oxidation sites excluding steroid dienone is 1. The molecule has 1 aliphatic rings. The first-order valence-corrected chi connectivity index (χ1v) is 8.49. The Morgan fingerprint density at radius 2 is 2.08 bits per heavy atom. The van der Waals surface area contributed by atoms with E-state index in [0.717, 1.165) is 38.8 Å². The number of aromatic nitrogens is 1. The fourth-order valence-electron chi connectivity index (χ4n) is 3.02. The molecule has 5 nitrogen and oxygen atoms in total. The normalized spacial score (nSPS) is 14.0. The van der Waals surface area contributed by atoms with Crippen molar-refractivity contribution in [2.45, 2.75) is 27.2 Å². The van der Waals surface area contributed by atoms with Gasteiger partial charge in [-0.2, -0.15) is 0 Å². The van der Waals surface area contributed by atoms with Gasteiger partial charge in [0.15, 0.2) is 0 Å². The molecule has 24 heavy (non-hydrogen) atoms. The molecule has 1 aromatic heterocycles. The van der Waals surface area contributed by atoms with Crippen LogP contribution in [-0.2, 0) is 16.0 Å². The van der Waals surface area contributed by atoms with Crippen molar-refractivity contribution in [3.63, 3.8) is 0 Å². The number of aryl methyl sites for hydroxylation is 1. The van der Waals surface area contributed by atoms with E-state index in [1.54, 1.807) is 18.7 Å². The molecule has 0 fully saturated rings. The molecular weight excluding hydrogens is 324 g/mol. The van der Waals surface area contributed by atoms with Gasteiger partial charge in [-0.1, -0.05) is 6.07 Å². The fourth-order valence-corrected chi connectivity index (χ4v) is 3.93. The number of carboxylic acid groups (broad SMARTS) is 1. The molecule has 0 aliphatic carbocycles. The molecule has 1 aromatic carbocycles. The first kappa shape index (κ1) is 16.4. The number of hydrogen-bond acceptors (Lipinski definition) is 4. The molecule has 0 radical (unpaired) electrons. The summed E-state index contributed by atoms with van der Waals surface area (Å²) in [4.78, 5) is 29.9. The molecule has 0 bridgehead atoms. The average molecular weight is 342 g/mol. The van der Waals surface area contributed by atoms with Crippen LogP contribution in [0.5, 0.6) is 0 Å². The van der Waals surface area contributed by atoms with Crippen LogP contribution in [0.3, 0.4) is 0 Å². The van der Waals surface area contributed by atoms with Crippen LogP contribution >= 0.6 is 11.3 Å². The molecule has 0 saturated carbocycles. The zero-order chi connectivity index (χ0) is 17.4. The molecular formula is C18H18N2O3S. The quantitative estimate of drug-likeness (QED) is 0.867. The zero-order valence-electron chi connectivity index (χ0n) is 13.8. The van der Waals surface area contributed by atoms with Gasteiger partial charge in [-0.3, -0.25) is 4.79 Å². The predicted octanol–water partition coefficient (Wildman–Crippen LogP) is 3.52. The van der Waals surface area contributed by atoms with Crippen LogP contribution < -0.4 is 4.90 Å². The second-order valence-corrected chi connectivity index (χ2v) is 7.04. The Morgan fingerprint density at radius 1 is 1.33 bits per heavy atom. The Morgan fingerprint density at radius 3 is 2.75 bits per heavy atom. The van der Waals surface area contributed by atoms with E-state index in [0.29, 0.717) is 12.1 Å². The van der Waals surface area contributed by atoms with E-state index in [1.165, 1.54) is 17.4 Å². The molecule has 124 valence electrons. The van der Waals surface area contributed by atoms with E-state index >= 15 is 0 Å². The molecule has 0 unspecified atom stereocenters. The molecule has 2 heterocycles. The lowest BCUT2D eigenvalue weighted by molar-refractivity contribution is -0.131. The maximum Gasteiger partial charge on any atom is 0.328 e. The second kappa shape index (κ2) is 6.20. The number of fused-ring (bicyclic) bond motifs is 1. The van der Waals surface area contributed by atoms with Crippen LogP contribution in [0.1, 0.15) is 29.3 Å². The van der Waals surface area contributed by atoms with Crippen molar-refractivity contribution < 1.29 is 14.7 Å². The third kappa shape index (κ3) is 2.97. The lowest BCUT2D eigenvalue weighted by Crippen LogP contribution is -2.25. The molecule has 1 aliphatic heterocycles. The highest BCUT2D eigenvalue weighted by Crippen LogP contribution is 2.37. The standard InChI is InChI=1S/C18H18N2O3S/c1-10(8-16(22)23)18-17(19-11(2)24-18)14-4-5-15-13(9-14)6-7-20(15)12(3)21/h4-5,8-9H,6-7H2,1-3H3,(H,22,23)/b10-8+. The second-order valence-electron chi connectivity index (χ2n) is 5.84. The molecule has 0 spiro atoms. The summed E-state index contributed by atoms with van der Waals surface area (Å²) in [6.45, 7) is 5.98. The molecule has 0 atom stereocenters. The van der Waals surface area contributed by atoms with Gasteiger partial charge in [-0.15, -0.1) is 11.3 Å². The third-order valence-electron chi connectivity index (χ3n) is 4.06. The van der Waals surface area contributed by atoms with E-state index in [1.807, 2.05) is 19.1 Å². The Balaban J connectivity index is 2.05. The van der Waals surface area contributed by atoms with E-state index in [9.17, 15) is 9.59 Å². The number of hydrogen-bond donors (Lipinski definition) is 1. The Labute approximate surface area is 144 Å². The van der Waals surface area contributed by atoms with E-state index in [4.69, 9.17) is 5.11 Å². The van der Waals surface area contributed by atoms with E-state index < -0.39 is 5.97 Å². The summed E-state index contributed by atoms with van der Waals surface area (Å²) < 4.78 is 0. The highest BCUT2D eigenvalue weighted by Gasteiger charge is 2.23. The number of anilines is 1. The van der Waals surface area contributed by atoms with Gasteiger partial charge >= 0.3 is 5.97 Å². The summed E-state index contributed by atoms with van der Waals surface area (Å²) in [5.74, 6) is -0.914. The minimum Gasteiger partial charge on any atom is -0.478 e. The van der Waals surface area contributed by atoms with Gasteiger partial charge in [-0.25, -0.2) is 9.78 Å². The minimum atomic E-state index is -0.962. The number of benzene rings is 1. The van der Waals surface area contributed by atoms with Gasteiger partial charge in [0.05, 0.1) is 15.6 Å². The van der Waals surface area contributed by atoms with Gasteiger partial charge < -0.3 is 10.0 Å². The lowest BCUT2D eigenvalue weighted by atomic mass is 10.0. The third-order valence-corrected chi connectivity index (χ3v) is 5.17. The van der Waals surface area contributed by atoms with Crippen LogP contribution in [0.4, 0.5) is 5.69 Å². The number of amides is 1. The predicted molar refractivity (Wildman–Crippen MR) is 95.3 cm³/mol. The maximum atomic E-state index is 11.7. The summed E-state index contributed by atoms with van der Waals surface area (Å²) in [6, 6.07) is 5.96. The molecule has 0 saturated heterocycles. The van der Waals surface area contributed by atoms with Crippen molar-refractivity contribution >= 4 is 34.5 Å².